The van der Waals surface area contributed by atoms with Gasteiger partial charge < -0.3 is 5.32 Å². The summed E-state index contributed by atoms with van der Waals surface area (Å²) in [6.45, 7) is 5.80. The van der Waals surface area contributed by atoms with Crippen LogP contribution in [-0.2, 0) is 0 Å². The molecular weight excluding hydrogens is 347 g/mol. The quantitative estimate of drug-likeness (QED) is 0.583. The minimum Gasteiger partial charge on any atom is -0.305 e. The Labute approximate surface area is 154 Å². The fourth-order valence-electron chi connectivity index (χ4n) is 3.04. The molecule has 1 aromatic carbocycles. The average molecular weight is 364 g/mol. The Balaban J connectivity index is 1.70. The van der Waals surface area contributed by atoms with Gasteiger partial charge in [0.05, 0.1) is 11.1 Å². The Morgan fingerprint density at radius 1 is 1.15 bits per heavy atom. The van der Waals surface area contributed by atoms with E-state index in [1.165, 1.54) is 24.3 Å². The molecule has 0 saturated carbocycles. The minimum atomic E-state index is -0.395. The third-order valence-electron chi connectivity index (χ3n) is 4.28. The smallest absolute Gasteiger partial charge is 0.256 e. The molecule has 0 aliphatic rings. The highest BCUT2D eigenvalue weighted by atomic mass is 19.1. The second-order valence-electron chi connectivity index (χ2n) is 6.39. The van der Waals surface area contributed by atoms with Crippen LogP contribution in [0.2, 0.25) is 0 Å². The predicted octanol–water partition coefficient (Wildman–Crippen LogP) is 3.46. The summed E-state index contributed by atoms with van der Waals surface area (Å²) in [7, 11) is 0. The van der Waals surface area contributed by atoms with Crippen molar-refractivity contribution in [3.63, 3.8) is 0 Å². The van der Waals surface area contributed by atoms with E-state index in [-0.39, 0.29) is 5.91 Å². The molecule has 27 heavy (non-hydrogen) atoms. The first kappa shape index (κ1) is 16.9. The van der Waals surface area contributed by atoms with Gasteiger partial charge in [-0.05, 0) is 62.7 Å². The number of H-pyrrole nitrogens is 1. The lowest BCUT2D eigenvalue weighted by Crippen LogP contribution is -2.12. The minimum absolute atomic E-state index is 0.345. The average Bonchev–Trinajstić information content (AvgIpc) is 3.18. The Morgan fingerprint density at radius 2 is 1.89 bits per heavy atom. The van der Waals surface area contributed by atoms with Gasteiger partial charge >= 0.3 is 0 Å². The number of hydrogen-bond donors (Lipinski definition) is 2. The van der Waals surface area contributed by atoms with Crippen LogP contribution in [0.3, 0.4) is 0 Å². The number of halogens is 1. The Hall–Kier alpha value is -3.55. The van der Waals surface area contributed by atoms with E-state index < -0.39 is 5.82 Å². The monoisotopic (exact) mass is 364 g/mol. The molecule has 0 spiro atoms. The third kappa shape index (κ3) is 3.05. The zero-order valence-corrected chi connectivity index (χ0v) is 15.0. The maximum absolute atomic E-state index is 13.0. The van der Waals surface area contributed by atoms with Crippen molar-refractivity contribution < 1.29 is 9.18 Å². The standard InChI is InChI=1S/C19H17FN6O/c1-10-8-15(26-12(3)9-11(2)25-26)21-17-16(10)18(24-23-17)22-19(27)13-4-6-14(20)7-5-13/h4-9H,1-3H3,(H2,21,22,23,24,27). The number of rotatable bonds is 3. The van der Waals surface area contributed by atoms with Crippen LogP contribution in [0.5, 0.6) is 0 Å². The van der Waals surface area contributed by atoms with E-state index in [1.54, 1.807) is 4.68 Å². The Kier molecular flexibility index (Phi) is 3.95. The molecule has 3 aromatic heterocycles. The zero-order valence-electron chi connectivity index (χ0n) is 15.0. The van der Waals surface area contributed by atoms with Gasteiger partial charge in [-0.3, -0.25) is 9.89 Å². The van der Waals surface area contributed by atoms with Crippen molar-refractivity contribution in [1.82, 2.24) is 25.0 Å². The first-order valence-electron chi connectivity index (χ1n) is 8.38. The highest BCUT2D eigenvalue weighted by molar-refractivity contribution is 6.08. The Bertz CT molecular complexity index is 1160. The summed E-state index contributed by atoms with van der Waals surface area (Å²) < 4.78 is 14.8. The second-order valence-corrected chi connectivity index (χ2v) is 6.39. The molecule has 0 saturated heterocycles. The number of benzene rings is 1. The number of fused-ring (bicyclic) bond motifs is 1. The largest absolute Gasteiger partial charge is 0.305 e. The van der Waals surface area contributed by atoms with Crippen LogP contribution in [0, 0.1) is 26.6 Å². The number of aromatic nitrogens is 5. The van der Waals surface area contributed by atoms with Crippen molar-refractivity contribution in [3.05, 3.63) is 64.7 Å². The summed E-state index contributed by atoms with van der Waals surface area (Å²) in [6.07, 6.45) is 0. The number of anilines is 1. The van der Waals surface area contributed by atoms with E-state index in [4.69, 9.17) is 0 Å². The van der Waals surface area contributed by atoms with Gasteiger partial charge in [0.25, 0.3) is 5.91 Å². The number of aromatic amines is 1. The molecule has 7 nitrogen and oxygen atoms in total. The fraction of sp³-hybridized carbons (Fsp3) is 0.158. The van der Waals surface area contributed by atoms with Crippen molar-refractivity contribution >= 4 is 22.8 Å². The fourth-order valence-corrected chi connectivity index (χ4v) is 3.04. The van der Waals surface area contributed by atoms with Crippen LogP contribution < -0.4 is 5.32 Å². The molecule has 0 atom stereocenters. The summed E-state index contributed by atoms with van der Waals surface area (Å²) in [4.78, 5) is 17.0. The van der Waals surface area contributed by atoms with E-state index in [0.717, 1.165) is 22.3 Å². The number of pyridine rings is 1. The normalized spacial score (nSPS) is 11.1. The van der Waals surface area contributed by atoms with Crippen molar-refractivity contribution in [2.45, 2.75) is 20.8 Å². The van der Waals surface area contributed by atoms with Crippen LogP contribution in [0.1, 0.15) is 27.3 Å². The lowest BCUT2D eigenvalue weighted by atomic mass is 10.2. The number of carbonyl (C=O) groups excluding carboxylic acids is 1. The van der Waals surface area contributed by atoms with Gasteiger partial charge in [-0.15, -0.1) is 0 Å². The van der Waals surface area contributed by atoms with E-state index >= 15 is 0 Å². The van der Waals surface area contributed by atoms with Gasteiger partial charge in [0, 0.05) is 11.3 Å². The van der Waals surface area contributed by atoms with E-state index in [2.05, 4.69) is 25.6 Å². The summed E-state index contributed by atoms with van der Waals surface area (Å²) in [5.41, 5.74) is 3.67. The Morgan fingerprint density at radius 3 is 2.56 bits per heavy atom. The second kappa shape index (κ2) is 6.31. The maximum atomic E-state index is 13.0. The highest BCUT2D eigenvalue weighted by Gasteiger charge is 2.16. The molecule has 2 N–H and O–H groups in total. The number of carbonyl (C=O) groups is 1. The maximum Gasteiger partial charge on any atom is 0.256 e. The molecule has 8 heteroatoms. The molecule has 0 aliphatic heterocycles. The molecular formula is C19H17FN6O. The highest BCUT2D eigenvalue weighted by Crippen LogP contribution is 2.25. The van der Waals surface area contributed by atoms with Crippen LogP contribution >= 0.6 is 0 Å². The van der Waals surface area contributed by atoms with Gasteiger partial charge in [-0.2, -0.15) is 10.2 Å². The topological polar surface area (TPSA) is 88.5 Å². The predicted molar refractivity (Wildman–Crippen MR) is 99.6 cm³/mol. The van der Waals surface area contributed by atoms with Crippen LogP contribution in [-0.4, -0.2) is 30.9 Å². The van der Waals surface area contributed by atoms with Gasteiger partial charge in [-0.1, -0.05) is 0 Å². The summed E-state index contributed by atoms with van der Waals surface area (Å²) >= 11 is 0. The van der Waals surface area contributed by atoms with Crippen molar-refractivity contribution in [2.75, 3.05) is 5.32 Å². The molecule has 4 aromatic rings. The van der Waals surface area contributed by atoms with Crippen LogP contribution in [0.15, 0.2) is 36.4 Å². The molecule has 4 rings (SSSR count). The van der Waals surface area contributed by atoms with E-state index in [9.17, 15) is 9.18 Å². The lowest BCUT2D eigenvalue weighted by molar-refractivity contribution is 0.102. The first-order valence-corrected chi connectivity index (χ1v) is 8.38. The summed E-state index contributed by atoms with van der Waals surface area (Å²) in [5.74, 6) is 0.286. The van der Waals surface area contributed by atoms with Gasteiger partial charge in [0.15, 0.2) is 17.3 Å². The van der Waals surface area contributed by atoms with Gasteiger partial charge in [-0.25, -0.2) is 14.1 Å². The molecule has 0 bridgehead atoms. The molecule has 0 unspecified atom stereocenters. The van der Waals surface area contributed by atoms with Gasteiger partial charge in [0.1, 0.15) is 5.82 Å². The van der Waals surface area contributed by atoms with Crippen LogP contribution in [0.25, 0.3) is 16.9 Å². The first-order chi connectivity index (χ1) is 12.9. The number of nitrogens with zero attached hydrogens (tertiary/aromatic N) is 4. The summed E-state index contributed by atoms with van der Waals surface area (Å²) in [6, 6.07) is 9.19. The molecule has 0 aliphatic carbocycles. The third-order valence-corrected chi connectivity index (χ3v) is 4.28. The molecule has 3 heterocycles. The number of amides is 1. The van der Waals surface area contributed by atoms with Crippen molar-refractivity contribution in [1.29, 1.82) is 0 Å². The van der Waals surface area contributed by atoms with Crippen molar-refractivity contribution in [2.24, 2.45) is 0 Å². The van der Waals surface area contributed by atoms with E-state index in [1.807, 2.05) is 32.9 Å². The molecule has 0 radical (unpaired) electrons. The summed E-state index contributed by atoms with van der Waals surface area (Å²) in [5, 5.41) is 15.0. The number of hydrogen-bond acceptors (Lipinski definition) is 4. The van der Waals surface area contributed by atoms with Crippen LogP contribution in [0.4, 0.5) is 10.2 Å². The lowest BCUT2D eigenvalue weighted by Gasteiger charge is -2.07. The van der Waals surface area contributed by atoms with Crippen molar-refractivity contribution in [3.8, 4) is 5.82 Å². The van der Waals surface area contributed by atoms with E-state index in [0.29, 0.717) is 22.8 Å². The molecule has 0 fully saturated rings. The number of aryl methyl sites for hydroxylation is 3. The SMILES string of the molecule is Cc1cc(C)n(-c2cc(C)c3c(NC(=O)c4ccc(F)cc4)n[nH]c3n2)n1. The molecule has 1 amide bonds. The van der Waals surface area contributed by atoms with Gasteiger partial charge in [0.2, 0.25) is 0 Å². The zero-order chi connectivity index (χ0) is 19.1. The number of nitrogens with one attached hydrogen (secondary N) is 2. The molecule has 136 valence electrons.